The predicted molar refractivity (Wildman–Crippen MR) is 114 cm³/mol. The lowest BCUT2D eigenvalue weighted by molar-refractivity contribution is 0.174. The van der Waals surface area contributed by atoms with E-state index in [0.29, 0.717) is 23.2 Å². The number of hydrogen-bond acceptors (Lipinski definition) is 3. The summed E-state index contributed by atoms with van der Waals surface area (Å²) in [4.78, 5) is 14.5. The third-order valence-electron chi connectivity index (χ3n) is 4.98. The van der Waals surface area contributed by atoms with Gasteiger partial charge in [0.05, 0.1) is 7.11 Å². The van der Waals surface area contributed by atoms with Crippen molar-refractivity contribution in [3.8, 4) is 5.75 Å². The Morgan fingerprint density at radius 1 is 1.14 bits per heavy atom. The monoisotopic (exact) mass is 421 g/mol. The van der Waals surface area contributed by atoms with E-state index in [1.807, 2.05) is 30.3 Å². The van der Waals surface area contributed by atoms with Gasteiger partial charge >= 0.3 is 6.03 Å². The van der Waals surface area contributed by atoms with Crippen LogP contribution in [0.15, 0.2) is 42.5 Å². The van der Waals surface area contributed by atoms with E-state index in [1.54, 1.807) is 19.2 Å². The second kappa shape index (κ2) is 10.0. The molecule has 1 aliphatic rings. The molecule has 5 nitrogen and oxygen atoms in total. The number of ether oxygens (including phenoxy) is 1. The molecule has 28 heavy (non-hydrogen) atoms. The summed E-state index contributed by atoms with van der Waals surface area (Å²) in [5, 5.41) is 7.09. The summed E-state index contributed by atoms with van der Waals surface area (Å²) < 4.78 is 5.44. The Morgan fingerprint density at radius 3 is 2.61 bits per heavy atom. The van der Waals surface area contributed by atoms with Gasteiger partial charge in [-0.3, -0.25) is 4.90 Å². The number of piperidine rings is 1. The van der Waals surface area contributed by atoms with Gasteiger partial charge in [0.25, 0.3) is 0 Å². The van der Waals surface area contributed by atoms with Crippen LogP contribution in [0.4, 0.5) is 10.5 Å². The van der Waals surface area contributed by atoms with Crippen molar-refractivity contribution in [2.24, 2.45) is 5.92 Å². The van der Waals surface area contributed by atoms with Crippen LogP contribution in [-0.4, -0.2) is 37.7 Å². The third kappa shape index (κ3) is 6.03. The molecule has 0 saturated carbocycles. The standard InChI is InChI=1S/C21H25Cl2N3O2/c1-28-20-6-5-18(23)11-16(20)14-26-9-7-15(8-10-26)13-24-21(27)25-19-4-2-3-17(22)12-19/h2-6,11-12,15H,7-10,13-14H2,1H3,(H2,24,25,27). The molecule has 2 amide bonds. The number of carbonyl (C=O) groups excluding carboxylic acids is 1. The number of carbonyl (C=O) groups is 1. The molecule has 2 aromatic rings. The summed E-state index contributed by atoms with van der Waals surface area (Å²) in [6, 6.07) is 12.6. The molecule has 0 aliphatic carbocycles. The molecule has 0 unspecified atom stereocenters. The smallest absolute Gasteiger partial charge is 0.319 e. The van der Waals surface area contributed by atoms with Crippen LogP contribution in [0.3, 0.4) is 0 Å². The zero-order valence-electron chi connectivity index (χ0n) is 15.9. The minimum absolute atomic E-state index is 0.201. The van der Waals surface area contributed by atoms with E-state index in [1.165, 1.54) is 0 Å². The summed E-state index contributed by atoms with van der Waals surface area (Å²) in [6.07, 6.45) is 2.08. The largest absolute Gasteiger partial charge is 0.496 e. The zero-order chi connectivity index (χ0) is 19.9. The van der Waals surface area contributed by atoms with Crippen LogP contribution in [0.5, 0.6) is 5.75 Å². The summed E-state index contributed by atoms with van der Waals surface area (Å²) >= 11 is 12.1. The fourth-order valence-corrected chi connectivity index (χ4v) is 3.82. The van der Waals surface area contributed by atoms with Crippen molar-refractivity contribution in [3.63, 3.8) is 0 Å². The highest BCUT2D eigenvalue weighted by molar-refractivity contribution is 6.31. The van der Waals surface area contributed by atoms with E-state index in [4.69, 9.17) is 27.9 Å². The van der Waals surface area contributed by atoms with Gasteiger partial charge in [0.15, 0.2) is 0 Å². The van der Waals surface area contributed by atoms with Gasteiger partial charge in [-0.15, -0.1) is 0 Å². The third-order valence-corrected chi connectivity index (χ3v) is 5.45. The number of urea groups is 1. The Morgan fingerprint density at radius 2 is 1.89 bits per heavy atom. The van der Waals surface area contributed by atoms with Gasteiger partial charge in [-0.25, -0.2) is 4.79 Å². The van der Waals surface area contributed by atoms with E-state index in [2.05, 4.69) is 15.5 Å². The molecular weight excluding hydrogens is 397 g/mol. The highest BCUT2D eigenvalue weighted by Gasteiger charge is 2.21. The average molecular weight is 422 g/mol. The number of benzene rings is 2. The first-order chi connectivity index (χ1) is 13.5. The van der Waals surface area contributed by atoms with Crippen molar-refractivity contribution in [1.29, 1.82) is 0 Å². The van der Waals surface area contributed by atoms with E-state index >= 15 is 0 Å². The van der Waals surface area contributed by atoms with Crippen molar-refractivity contribution < 1.29 is 9.53 Å². The number of amides is 2. The molecule has 0 bridgehead atoms. The molecular formula is C21H25Cl2N3O2. The maximum atomic E-state index is 12.1. The molecule has 0 radical (unpaired) electrons. The highest BCUT2D eigenvalue weighted by atomic mass is 35.5. The first-order valence-corrected chi connectivity index (χ1v) is 10.1. The lowest BCUT2D eigenvalue weighted by Crippen LogP contribution is -2.39. The second-order valence-corrected chi connectivity index (χ2v) is 7.89. The van der Waals surface area contributed by atoms with Crippen molar-refractivity contribution in [3.05, 3.63) is 58.1 Å². The number of nitrogens with zero attached hydrogens (tertiary/aromatic N) is 1. The van der Waals surface area contributed by atoms with Crippen molar-refractivity contribution in [1.82, 2.24) is 10.2 Å². The Hall–Kier alpha value is -1.95. The minimum atomic E-state index is -0.201. The molecule has 2 aromatic carbocycles. The highest BCUT2D eigenvalue weighted by Crippen LogP contribution is 2.26. The van der Waals surface area contributed by atoms with Crippen molar-refractivity contribution >= 4 is 34.9 Å². The first kappa shape index (κ1) is 20.8. The van der Waals surface area contributed by atoms with Crippen molar-refractivity contribution in [2.75, 3.05) is 32.1 Å². The van der Waals surface area contributed by atoms with E-state index in [-0.39, 0.29) is 6.03 Å². The normalized spacial score (nSPS) is 15.2. The van der Waals surface area contributed by atoms with Gasteiger partial charge in [-0.1, -0.05) is 29.3 Å². The van der Waals surface area contributed by atoms with Gasteiger partial charge in [-0.05, 0) is 68.2 Å². The zero-order valence-corrected chi connectivity index (χ0v) is 17.4. The molecule has 7 heteroatoms. The second-order valence-electron chi connectivity index (χ2n) is 7.02. The average Bonchev–Trinajstić information content (AvgIpc) is 2.68. The number of halogens is 2. The predicted octanol–water partition coefficient (Wildman–Crippen LogP) is 5.04. The fourth-order valence-electron chi connectivity index (χ4n) is 3.44. The summed E-state index contributed by atoms with van der Waals surface area (Å²) in [5.74, 6) is 1.34. The Bertz CT molecular complexity index is 808. The van der Waals surface area contributed by atoms with Gasteiger partial charge in [0, 0.05) is 34.4 Å². The van der Waals surface area contributed by atoms with Gasteiger partial charge in [-0.2, -0.15) is 0 Å². The lowest BCUT2D eigenvalue weighted by Gasteiger charge is -2.32. The maximum absolute atomic E-state index is 12.1. The van der Waals surface area contributed by atoms with Crippen LogP contribution >= 0.6 is 23.2 Å². The number of hydrogen-bond donors (Lipinski definition) is 2. The molecule has 150 valence electrons. The van der Waals surface area contributed by atoms with Crippen LogP contribution in [0.2, 0.25) is 10.0 Å². The molecule has 3 rings (SSSR count). The molecule has 1 aliphatic heterocycles. The Labute approximate surface area is 176 Å². The van der Waals surface area contributed by atoms with Crippen LogP contribution in [0.25, 0.3) is 0 Å². The SMILES string of the molecule is COc1ccc(Cl)cc1CN1CCC(CNC(=O)Nc2cccc(Cl)c2)CC1. The Kier molecular flexibility index (Phi) is 7.43. The summed E-state index contributed by atoms with van der Waals surface area (Å²) in [7, 11) is 1.68. The molecule has 0 atom stereocenters. The number of methoxy groups -OCH3 is 1. The fraction of sp³-hybridized carbons (Fsp3) is 0.381. The van der Waals surface area contributed by atoms with Gasteiger partial charge in [0.2, 0.25) is 0 Å². The lowest BCUT2D eigenvalue weighted by atomic mass is 9.96. The topological polar surface area (TPSA) is 53.6 Å². The molecule has 0 aromatic heterocycles. The quantitative estimate of drug-likeness (QED) is 0.686. The van der Waals surface area contributed by atoms with Crippen LogP contribution < -0.4 is 15.4 Å². The van der Waals surface area contributed by atoms with Gasteiger partial charge in [0.1, 0.15) is 5.75 Å². The summed E-state index contributed by atoms with van der Waals surface area (Å²) in [6.45, 7) is 3.45. The first-order valence-electron chi connectivity index (χ1n) is 9.38. The van der Waals surface area contributed by atoms with E-state index in [9.17, 15) is 4.79 Å². The number of nitrogens with one attached hydrogen (secondary N) is 2. The van der Waals surface area contributed by atoms with Gasteiger partial charge < -0.3 is 15.4 Å². The number of anilines is 1. The number of likely N-dealkylation sites (tertiary alicyclic amines) is 1. The van der Waals surface area contributed by atoms with Crippen LogP contribution in [0, 0.1) is 5.92 Å². The Balaban J connectivity index is 1.42. The molecule has 2 N–H and O–H groups in total. The molecule has 1 saturated heterocycles. The molecule has 0 spiro atoms. The summed E-state index contributed by atoms with van der Waals surface area (Å²) in [5.41, 5.74) is 1.79. The van der Waals surface area contributed by atoms with E-state index in [0.717, 1.165) is 48.8 Å². The minimum Gasteiger partial charge on any atom is -0.496 e. The van der Waals surface area contributed by atoms with Crippen LogP contribution in [-0.2, 0) is 6.54 Å². The van der Waals surface area contributed by atoms with Crippen molar-refractivity contribution in [2.45, 2.75) is 19.4 Å². The van der Waals surface area contributed by atoms with E-state index < -0.39 is 0 Å². The van der Waals surface area contributed by atoms with Crippen LogP contribution in [0.1, 0.15) is 18.4 Å². The number of rotatable bonds is 6. The molecule has 1 fully saturated rings. The maximum Gasteiger partial charge on any atom is 0.319 e. The molecule has 1 heterocycles.